The number of rotatable bonds is 4. The van der Waals surface area contributed by atoms with Gasteiger partial charge >= 0.3 is 0 Å². The number of nitrogens with zero attached hydrogens (tertiary/aromatic N) is 5. The van der Waals surface area contributed by atoms with E-state index in [4.69, 9.17) is 0 Å². The van der Waals surface area contributed by atoms with Crippen molar-refractivity contribution in [2.75, 3.05) is 0 Å². The number of aldehydes is 1. The zero-order valence-electron chi connectivity index (χ0n) is 8.37. The maximum atomic E-state index is 10.4. The highest BCUT2D eigenvalue weighted by Crippen LogP contribution is 2.00. The number of carbonyl (C=O) groups excluding carboxylic acids is 1. The Bertz CT molecular complexity index is 459. The molecule has 2 aromatic rings. The van der Waals surface area contributed by atoms with E-state index in [0.29, 0.717) is 18.5 Å². The van der Waals surface area contributed by atoms with Crippen molar-refractivity contribution in [3.8, 4) is 0 Å². The van der Waals surface area contributed by atoms with E-state index in [2.05, 4.69) is 15.3 Å². The summed E-state index contributed by atoms with van der Waals surface area (Å²) in [5.41, 5.74) is 0.338. The van der Waals surface area contributed by atoms with Crippen LogP contribution in [0.4, 0.5) is 0 Å². The van der Waals surface area contributed by atoms with Gasteiger partial charge in [-0.05, 0) is 6.92 Å². The van der Waals surface area contributed by atoms with Crippen LogP contribution in [0.3, 0.4) is 0 Å². The minimum atomic E-state index is 0.338. The molecule has 78 valence electrons. The van der Waals surface area contributed by atoms with Crippen LogP contribution in [-0.2, 0) is 13.1 Å². The number of hydrogen-bond acceptors (Lipinski definition) is 4. The van der Waals surface area contributed by atoms with Crippen LogP contribution in [0.1, 0.15) is 23.2 Å². The van der Waals surface area contributed by atoms with Gasteiger partial charge in [-0.25, -0.2) is 9.67 Å². The first kappa shape index (κ1) is 9.57. The lowest BCUT2D eigenvalue weighted by molar-refractivity contribution is 0.111. The van der Waals surface area contributed by atoms with Gasteiger partial charge in [0.2, 0.25) is 0 Å². The molecule has 0 aromatic carbocycles. The molecule has 0 bridgehead atoms. The van der Waals surface area contributed by atoms with Crippen molar-refractivity contribution in [3.05, 3.63) is 30.1 Å². The Balaban J connectivity index is 2.17. The first-order valence-electron chi connectivity index (χ1n) is 4.68. The number of imidazole rings is 1. The van der Waals surface area contributed by atoms with Crippen molar-refractivity contribution in [1.29, 1.82) is 0 Å². The van der Waals surface area contributed by atoms with Crippen LogP contribution in [0, 0.1) is 0 Å². The molecule has 0 aliphatic rings. The van der Waals surface area contributed by atoms with Crippen molar-refractivity contribution in [1.82, 2.24) is 24.5 Å². The minimum Gasteiger partial charge on any atom is -0.334 e. The third-order valence-corrected chi connectivity index (χ3v) is 2.12. The summed E-state index contributed by atoms with van der Waals surface area (Å²) in [5, 5.41) is 7.50. The molecule has 6 heteroatoms. The molecule has 2 rings (SSSR count). The molecule has 2 aromatic heterocycles. The van der Waals surface area contributed by atoms with Crippen molar-refractivity contribution in [3.63, 3.8) is 0 Å². The Morgan fingerprint density at radius 2 is 2.40 bits per heavy atom. The van der Waals surface area contributed by atoms with Gasteiger partial charge in [0.15, 0.2) is 6.29 Å². The summed E-state index contributed by atoms with van der Waals surface area (Å²) < 4.78 is 3.61. The normalized spacial score (nSPS) is 10.5. The molecule has 0 atom stereocenters. The van der Waals surface area contributed by atoms with Gasteiger partial charge in [0.25, 0.3) is 0 Å². The summed E-state index contributed by atoms with van der Waals surface area (Å²) in [4.78, 5) is 14.6. The second-order valence-electron chi connectivity index (χ2n) is 3.09. The number of aromatic nitrogens is 5. The predicted octanol–water partition coefficient (Wildman–Crippen LogP) is 0.355. The Morgan fingerprint density at radius 3 is 3.07 bits per heavy atom. The van der Waals surface area contributed by atoms with Gasteiger partial charge in [-0.3, -0.25) is 4.79 Å². The molecule has 0 N–H and O–H groups in total. The topological polar surface area (TPSA) is 65.6 Å². The predicted molar refractivity (Wildman–Crippen MR) is 52.4 cm³/mol. The summed E-state index contributed by atoms with van der Waals surface area (Å²) in [6.07, 6.45) is 5.93. The van der Waals surface area contributed by atoms with E-state index in [9.17, 15) is 4.79 Å². The van der Waals surface area contributed by atoms with Gasteiger partial charge in [0, 0.05) is 18.9 Å². The van der Waals surface area contributed by atoms with Gasteiger partial charge in [-0.15, -0.1) is 5.10 Å². The Kier molecular flexibility index (Phi) is 2.57. The quantitative estimate of drug-likeness (QED) is 0.676. The second-order valence-corrected chi connectivity index (χ2v) is 3.09. The molecule has 0 spiro atoms. The van der Waals surface area contributed by atoms with Crippen LogP contribution in [-0.4, -0.2) is 30.8 Å². The molecule has 0 unspecified atom stereocenters. The third-order valence-electron chi connectivity index (χ3n) is 2.12. The standard InChI is InChI=1S/C9H11N5O/c1-2-13-4-3-10-9(13)6-14-5-8(7-15)11-12-14/h3-5,7H,2,6H2,1H3. The van der Waals surface area contributed by atoms with Crippen molar-refractivity contribution < 1.29 is 4.79 Å². The molecule has 0 aliphatic carbocycles. The van der Waals surface area contributed by atoms with Crippen LogP contribution in [0.5, 0.6) is 0 Å². The second kappa shape index (κ2) is 4.04. The van der Waals surface area contributed by atoms with Crippen LogP contribution in [0.25, 0.3) is 0 Å². The molecule has 0 aliphatic heterocycles. The Hall–Kier alpha value is -1.98. The maximum Gasteiger partial charge on any atom is 0.171 e. The van der Waals surface area contributed by atoms with Crippen molar-refractivity contribution in [2.24, 2.45) is 0 Å². The SMILES string of the molecule is CCn1ccnc1Cn1cc(C=O)nn1. The fourth-order valence-corrected chi connectivity index (χ4v) is 1.37. The molecule has 0 saturated heterocycles. The van der Waals surface area contributed by atoms with Gasteiger partial charge in [0.1, 0.15) is 18.1 Å². The third kappa shape index (κ3) is 1.93. The molecule has 15 heavy (non-hydrogen) atoms. The van der Waals surface area contributed by atoms with Crippen LogP contribution >= 0.6 is 0 Å². The van der Waals surface area contributed by atoms with Crippen LogP contribution in [0.15, 0.2) is 18.6 Å². The Morgan fingerprint density at radius 1 is 1.53 bits per heavy atom. The van der Waals surface area contributed by atoms with Gasteiger partial charge in [0.05, 0.1) is 6.20 Å². The van der Waals surface area contributed by atoms with E-state index in [-0.39, 0.29) is 0 Å². The maximum absolute atomic E-state index is 10.4. The highest BCUT2D eigenvalue weighted by Gasteiger charge is 2.04. The average Bonchev–Trinajstić information content (AvgIpc) is 2.87. The first-order valence-corrected chi connectivity index (χ1v) is 4.68. The van der Waals surface area contributed by atoms with E-state index in [1.807, 2.05) is 17.7 Å². The monoisotopic (exact) mass is 205 g/mol. The lowest BCUT2D eigenvalue weighted by Crippen LogP contribution is -2.08. The molecular weight excluding hydrogens is 194 g/mol. The lowest BCUT2D eigenvalue weighted by atomic mass is 10.5. The van der Waals surface area contributed by atoms with Crippen LogP contribution in [0.2, 0.25) is 0 Å². The number of hydrogen-bond donors (Lipinski definition) is 0. The van der Waals surface area contributed by atoms with E-state index < -0.39 is 0 Å². The average molecular weight is 205 g/mol. The van der Waals surface area contributed by atoms with Crippen molar-refractivity contribution >= 4 is 6.29 Å². The molecule has 6 nitrogen and oxygen atoms in total. The van der Waals surface area contributed by atoms with E-state index in [0.717, 1.165) is 12.4 Å². The molecule has 2 heterocycles. The molecule has 0 saturated carbocycles. The highest BCUT2D eigenvalue weighted by atomic mass is 16.1. The number of carbonyl (C=O) groups is 1. The van der Waals surface area contributed by atoms with Gasteiger partial charge < -0.3 is 4.57 Å². The van der Waals surface area contributed by atoms with Gasteiger partial charge in [-0.2, -0.15) is 0 Å². The molecular formula is C9H11N5O. The Labute approximate surface area is 86.5 Å². The fourth-order valence-electron chi connectivity index (χ4n) is 1.37. The summed E-state index contributed by atoms with van der Waals surface area (Å²) in [7, 11) is 0. The van der Waals surface area contributed by atoms with E-state index in [1.165, 1.54) is 0 Å². The zero-order valence-corrected chi connectivity index (χ0v) is 8.37. The summed E-state index contributed by atoms with van der Waals surface area (Å²) in [6, 6.07) is 0. The smallest absolute Gasteiger partial charge is 0.171 e. The van der Waals surface area contributed by atoms with Gasteiger partial charge in [-0.1, -0.05) is 5.21 Å². The number of aryl methyl sites for hydroxylation is 1. The van der Waals surface area contributed by atoms with Crippen LogP contribution < -0.4 is 0 Å². The largest absolute Gasteiger partial charge is 0.334 e. The molecule has 0 radical (unpaired) electrons. The fraction of sp³-hybridized carbons (Fsp3) is 0.333. The summed E-state index contributed by atoms with van der Waals surface area (Å²) in [6.45, 7) is 3.44. The van der Waals surface area contributed by atoms with Crippen molar-refractivity contribution in [2.45, 2.75) is 20.0 Å². The zero-order chi connectivity index (χ0) is 10.7. The molecule has 0 fully saturated rings. The summed E-state index contributed by atoms with van der Waals surface area (Å²) in [5.74, 6) is 0.903. The molecule has 0 amide bonds. The first-order chi connectivity index (χ1) is 7.33. The van der Waals surface area contributed by atoms with E-state index in [1.54, 1.807) is 17.1 Å². The summed E-state index contributed by atoms with van der Waals surface area (Å²) >= 11 is 0. The van der Waals surface area contributed by atoms with E-state index >= 15 is 0 Å². The lowest BCUT2D eigenvalue weighted by Gasteiger charge is -2.03. The minimum absolute atomic E-state index is 0.338. The highest BCUT2D eigenvalue weighted by molar-refractivity contribution is 5.70.